The molecule has 1 aromatic heterocycles. The summed E-state index contributed by atoms with van der Waals surface area (Å²) in [6.45, 7) is 2.58. The number of amides is 1. The highest BCUT2D eigenvalue weighted by Gasteiger charge is 2.09. The molecule has 94 valence electrons. The van der Waals surface area contributed by atoms with Crippen molar-refractivity contribution in [1.82, 2.24) is 10.6 Å². The fourth-order valence-electron chi connectivity index (χ4n) is 1.54. The maximum Gasteiger partial charge on any atom is 0.261 e. The monoisotopic (exact) mass is 336 g/mol. The number of rotatable bonds is 3. The van der Waals surface area contributed by atoms with Crippen molar-refractivity contribution in [3.63, 3.8) is 0 Å². The Bertz CT molecular complexity index is 419. The number of carbonyl (C=O) groups is 1. The number of hydrogen-bond acceptors (Lipinski definition) is 3. The molecule has 0 saturated carbocycles. The average Bonchev–Trinajstić information content (AvgIpc) is 2.74. The largest absolute Gasteiger partial charge is 0.348 e. The van der Waals surface area contributed by atoms with Gasteiger partial charge in [0.05, 0.1) is 4.88 Å². The molecule has 0 aliphatic carbocycles. The van der Waals surface area contributed by atoms with Gasteiger partial charge in [-0.15, -0.1) is 23.7 Å². The van der Waals surface area contributed by atoms with E-state index in [1.54, 1.807) is 0 Å². The molecule has 3 nitrogen and oxygen atoms in total. The Kier molecular flexibility index (Phi) is 6.19. The zero-order valence-corrected chi connectivity index (χ0v) is 12.4. The summed E-state index contributed by atoms with van der Waals surface area (Å²) in [5.74, 6) is 0.00938. The number of thiophene rings is 1. The van der Waals surface area contributed by atoms with Crippen molar-refractivity contribution in [3.8, 4) is 0 Å². The van der Waals surface area contributed by atoms with E-state index in [1.807, 2.05) is 11.4 Å². The molecule has 0 bridgehead atoms. The number of halogens is 2. The molecular weight excluding hydrogens is 324 g/mol. The van der Waals surface area contributed by atoms with E-state index in [2.05, 4.69) is 32.6 Å². The van der Waals surface area contributed by atoms with Gasteiger partial charge in [0.2, 0.25) is 0 Å². The third kappa shape index (κ3) is 4.43. The normalized spacial score (nSPS) is 14.8. The summed E-state index contributed by atoms with van der Waals surface area (Å²) in [6, 6.07) is 1.84. The molecule has 1 aromatic rings. The Morgan fingerprint density at radius 1 is 1.59 bits per heavy atom. The van der Waals surface area contributed by atoms with Crippen LogP contribution in [0.3, 0.4) is 0 Å². The predicted octanol–water partition coefficient (Wildman–Crippen LogP) is 2.58. The van der Waals surface area contributed by atoms with E-state index in [0.717, 1.165) is 28.9 Å². The van der Waals surface area contributed by atoms with E-state index in [-0.39, 0.29) is 18.3 Å². The van der Waals surface area contributed by atoms with Gasteiger partial charge >= 0.3 is 0 Å². The van der Waals surface area contributed by atoms with Crippen LogP contribution in [0.25, 0.3) is 0 Å². The summed E-state index contributed by atoms with van der Waals surface area (Å²) >= 11 is 4.79. The number of hydrogen-bond donors (Lipinski definition) is 2. The summed E-state index contributed by atoms with van der Waals surface area (Å²) in [4.78, 5) is 12.5. The van der Waals surface area contributed by atoms with Crippen molar-refractivity contribution < 1.29 is 4.79 Å². The minimum atomic E-state index is 0. The fraction of sp³-hybridized carbons (Fsp3) is 0.364. The highest BCUT2D eigenvalue weighted by atomic mass is 79.9. The highest BCUT2D eigenvalue weighted by Crippen LogP contribution is 2.19. The zero-order valence-electron chi connectivity index (χ0n) is 9.16. The van der Waals surface area contributed by atoms with Crippen LogP contribution in [0.15, 0.2) is 27.6 Å². The average molecular weight is 338 g/mol. The van der Waals surface area contributed by atoms with Crippen LogP contribution in [-0.4, -0.2) is 25.5 Å². The summed E-state index contributed by atoms with van der Waals surface area (Å²) in [6.07, 6.45) is 3.17. The van der Waals surface area contributed by atoms with Gasteiger partial charge < -0.3 is 10.6 Å². The lowest BCUT2D eigenvalue weighted by molar-refractivity contribution is 0.0960. The summed E-state index contributed by atoms with van der Waals surface area (Å²) in [7, 11) is 0. The van der Waals surface area contributed by atoms with Crippen LogP contribution in [0.5, 0.6) is 0 Å². The molecule has 2 N–H and O–H groups in total. The van der Waals surface area contributed by atoms with Gasteiger partial charge in [-0.25, -0.2) is 0 Å². The Morgan fingerprint density at radius 2 is 2.41 bits per heavy atom. The summed E-state index contributed by atoms with van der Waals surface area (Å²) < 4.78 is 0.962. The first kappa shape index (κ1) is 14.7. The van der Waals surface area contributed by atoms with Gasteiger partial charge in [0, 0.05) is 22.9 Å². The van der Waals surface area contributed by atoms with Crippen LogP contribution >= 0.6 is 39.7 Å². The molecule has 1 aliphatic rings. The van der Waals surface area contributed by atoms with Crippen LogP contribution in [-0.2, 0) is 0 Å². The number of nitrogens with one attached hydrogen (secondary N) is 2. The molecule has 0 atom stereocenters. The molecular formula is C11H14BrClN2OS. The van der Waals surface area contributed by atoms with Gasteiger partial charge in [-0.3, -0.25) is 4.79 Å². The zero-order chi connectivity index (χ0) is 11.4. The Balaban J connectivity index is 0.00000144. The maximum atomic E-state index is 11.7. The smallest absolute Gasteiger partial charge is 0.261 e. The van der Waals surface area contributed by atoms with Crippen molar-refractivity contribution in [2.24, 2.45) is 0 Å². The van der Waals surface area contributed by atoms with Crippen molar-refractivity contribution in [2.45, 2.75) is 6.42 Å². The minimum absolute atomic E-state index is 0. The lowest BCUT2D eigenvalue weighted by Gasteiger charge is -2.14. The summed E-state index contributed by atoms with van der Waals surface area (Å²) in [5, 5.41) is 8.10. The van der Waals surface area contributed by atoms with Crippen LogP contribution < -0.4 is 10.6 Å². The molecule has 0 aromatic carbocycles. The molecule has 0 radical (unpaired) electrons. The molecule has 6 heteroatoms. The quantitative estimate of drug-likeness (QED) is 0.832. The van der Waals surface area contributed by atoms with Gasteiger partial charge in [-0.05, 0) is 35.0 Å². The standard InChI is InChI=1S/C11H13BrN2OS.ClH/c12-9-5-10(16-7-9)11(15)14-6-8-1-3-13-4-2-8;/h1,5,7,13H,2-4,6H2,(H,14,15);1H. The third-order valence-corrected chi connectivity index (χ3v) is 4.12. The molecule has 1 amide bonds. The highest BCUT2D eigenvalue weighted by molar-refractivity contribution is 9.10. The minimum Gasteiger partial charge on any atom is -0.348 e. The molecule has 0 spiro atoms. The van der Waals surface area contributed by atoms with Crippen LogP contribution in [0.1, 0.15) is 16.1 Å². The van der Waals surface area contributed by atoms with Crippen molar-refractivity contribution in [2.75, 3.05) is 19.6 Å². The van der Waals surface area contributed by atoms with Crippen LogP contribution in [0, 0.1) is 0 Å². The Hall–Kier alpha value is -0.360. The van der Waals surface area contributed by atoms with E-state index in [0.29, 0.717) is 6.54 Å². The van der Waals surface area contributed by atoms with Crippen LogP contribution in [0.4, 0.5) is 0 Å². The van der Waals surface area contributed by atoms with Gasteiger partial charge in [-0.2, -0.15) is 0 Å². The second kappa shape index (κ2) is 7.16. The molecule has 2 heterocycles. The maximum absolute atomic E-state index is 11.7. The predicted molar refractivity (Wildman–Crippen MR) is 77.2 cm³/mol. The Morgan fingerprint density at radius 3 is 3.00 bits per heavy atom. The fourth-order valence-corrected chi connectivity index (χ4v) is 2.89. The second-order valence-corrected chi connectivity index (χ2v) is 5.46. The van der Waals surface area contributed by atoms with Crippen molar-refractivity contribution >= 4 is 45.6 Å². The lowest BCUT2D eigenvalue weighted by Crippen LogP contribution is -2.29. The van der Waals surface area contributed by atoms with E-state index in [1.165, 1.54) is 16.9 Å². The van der Waals surface area contributed by atoms with E-state index >= 15 is 0 Å². The first-order valence-corrected chi connectivity index (χ1v) is 6.84. The van der Waals surface area contributed by atoms with E-state index in [4.69, 9.17) is 0 Å². The number of carbonyl (C=O) groups excluding carboxylic acids is 1. The first-order valence-electron chi connectivity index (χ1n) is 5.16. The van der Waals surface area contributed by atoms with Crippen molar-refractivity contribution in [1.29, 1.82) is 0 Å². The van der Waals surface area contributed by atoms with E-state index < -0.39 is 0 Å². The van der Waals surface area contributed by atoms with Gasteiger partial charge in [0.25, 0.3) is 5.91 Å². The molecule has 0 saturated heterocycles. The topological polar surface area (TPSA) is 41.1 Å². The van der Waals surface area contributed by atoms with Gasteiger partial charge in [0.1, 0.15) is 0 Å². The van der Waals surface area contributed by atoms with Crippen molar-refractivity contribution in [3.05, 3.63) is 32.4 Å². The lowest BCUT2D eigenvalue weighted by atomic mass is 10.1. The van der Waals surface area contributed by atoms with E-state index in [9.17, 15) is 4.79 Å². The Labute approximate surface area is 119 Å². The molecule has 17 heavy (non-hydrogen) atoms. The molecule has 0 fully saturated rings. The third-order valence-electron chi connectivity index (χ3n) is 2.43. The molecule has 1 aliphatic heterocycles. The SMILES string of the molecule is Cl.O=C(NCC1=CCNCC1)c1cc(Br)cs1. The second-order valence-electron chi connectivity index (χ2n) is 3.63. The van der Waals surface area contributed by atoms with Gasteiger partial charge in [-0.1, -0.05) is 11.6 Å². The van der Waals surface area contributed by atoms with Crippen LogP contribution in [0.2, 0.25) is 0 Å². The molecule has 0 unspecified atom stereocenters. The van der Waals surface area contributed by atoms with Gasteiger partial charge in [0.15, 0.2) is 0 Å². The first-order chi connectivity index (χ1) is 7.75. The summed E-state index contributed by atoms with van der Waals surface area (Å²) in [5.41, 5.74) is 1.31. The molecule has 2 rings (SSSR count).